The zero-order chi connectivity index (χ0) is 20.8. The van der Waals surface area contributed by atoms with E-state index >= 15 is 0 Å². The molecule has 1 fully saturated rings. The molecule has 1 saturated heterocycles. The number of benzene rings is 1. The first-order valence-electron chi connectivity index (χ1n) is 10.5. The monoisotopic (exact) mass is 397 g/mol. The number of hydrogen-bond acceptors (Lipinski definition) is 4. The van der Waals surface area contributed by atoms with Crippen LogP contribution >= 0.6 is 0 Å². The first kappa shape index (κ1) is 21.1. The number of oxazole rings is 1. The molecule has 0 spiro atoms. The number of aromatic nitrogens is 1. The van der Waals surface area contributed by atoms with Gasteiger partial charge in [0.15, 0.2) is 11.7 Å². The number of carbonyl (C=O) groups excluding carboxylic acids is 2. The molecule has 2 amide bonds. The van der Waals surface area contributed by atoms with Gasteiger partial charge in [-0.15, -0.1) is 0 Å². The smallest absolute Gasteiger partial charge is 0.223 e. The summed E-state index contributed by atoms with van der Waals surface area (Å²) in [4.78, 5) is 30.4. The number of carbonyl (C=O) groups is 2. The average molecular weight is 398 g/mol. The maximum absolute atomic E-state index is 12.5. The Balaban J connectivity index is 1.49. The van der Waals surface area contributed by atoms with Gasteiger partial charge in [-0.25, -0.2) is 4.98 Å². The second kappa shape index (κ2) is 9.72. The van der Waals surface area contributed by atoms with Crippen molar-refractivity contribution >= 4 is 11.8 Å². The highest BCUT2D eigenvalue weighted by Crippen LogP contribution is 2.23. The molecule has 0 bridgehead atoms. The number of amides is 2. The zero-order valence-corrected chi connectivity index (χ0v) is 17.6. The molecule has 156 valence electrons. The predicted molar refractivity (Wildman–Crippen MR) is 112 cm³/mol. The quantitative estimate of drug-likeness (QED) is 0.776. The van der Waals surface area contributed by atoms with Crippen molar-refractivity contribution < 1.29 is 14.0 Å². The lowest BCUT2D eigenvalue weighted by atomic mass is 9.96. The molecule has 1 aromatic heterocycles. The summed E-state index contributed by atoms with van der Waals surface area (Å²) >= 11 is 0. The fourth-order valence-corrected chi connectivity index (χ4v) is 3.80. The fourth-order valence-electron chi connectivity index (χ4n) is 3.80. The standard InChI is InChI=1S/C23H31N3O3/c1-16(2)14-17-4-6-18(7-5-17)20-15-25-21(29-20)8-9-22(27)26-12-10-19(11-13-26)23(28)24-3/h4-7,15-16,19H,8-14H2,1-3H3,(H,24,28). The first-order chi connectivity index (χ1) is 14.0. The fraction of sp³-hybridized carbons (Fsp3) is 0.522. The Morgan fingerprint density at radius 2 is 1.90 bits per heavy atom. The highest BCUT2D eigenvalue weighted by molar-refractivity contribution is 5.79. The van der Waals surface area contributed by atoms with Gasteiger partial charge in [-0.2, -0.15) is 0 Å². The van der Waals surface area contributed by atoms with Crippen molar-refractivity contribution in [3.8, 4) is 11.3 Å². The maximum atomic E-state index is 12.5. The minimum absolute atomic E-state index is 0.0188. The predicted octanol–water partition coefficient (Wildman–Crippen LogP) is 3.46. The summed E-state index contributed by atoms with van der Waals surface area (Å²) in [6, 6.07) is 8.38. The molecule has 1 aliphatic heterocycles. The summed E-state index contributed by atoms with van der Waals surface area (Å²) in [6.07, 6.45) is 5.09. The lowest BCUT2D eigenvalue weighted by Gasteiger charge is -2.31. The van der Waals surface area contributed by atoms with E-state index in [9.17, 15) is 9.59 Å². The van der Waals surface area contributed by atoms with Crippen LogP contribution in [0.2, 0.25) is 0 Å². The van der Waals surface area contributed by atoms with Gasteiger partial charge in [-0.05, 0) is 30.7 Å². The van der Waals surface area contributed by atoms with E-state index in [1.165, 1.54) is 5.56 Å². The van der Waals surface area contributed by atoms with Gasteiger partial charge in [-0.3, -0.25) is 9.59 Å². The molecule has 2 heterocycles. The van der Waals surface area contributed by atoms with Gasteiger partial charge in [0, 0.05) is 44.5 Å². The number of hydrogen-bond donors (Lipinski definition) is 1. The van der Waals surface area contributed by atoms with E-state index < -0.39 is 0 Å². The topological polar surface area (TPSA) is 75.4 Å². The SMILES string of the molecule is CNC(=O)C1CCN(C(=O)CCc2ncc(-c3ccc(CC(C)C)cc3)o2)CC1. The third-order valence-corrected chi connectivity index (χ3v) is 5.45. The number of aryl methyl sites for hydroxylation is 1. The van der Waals surface area contributed by atoms with Crippen molar-refractivity contribution in [1.82, 2.24) is 15.2 Å². The molecule has 1 aromatic carbocycles. The maximum Gasteiger partial charge on any atom is 0.223 e. The van der Waals surface area contributed by atoms with Gasteiger partial charge < -0.3 is 14.6 Å². The summed E-state index contributed by atoms with van der Waals surface area (Å²) in [5, 5.41) is 2.69. The van der Waals surface area contributed by atoms with Crippen LogP contribution in [-0.2, 0) is 22.4 Å². The molecule has 6 heteroatoms. The Hall–Kier alpha value is -2.63. The van der Waals surface area contributed by atoms with Crippen molar-refractivity contribution in [2.75, 3.05) is 20.1 Å². The van der Waals surface area contributed by atoms with Crippen molar-refractivity contribution in [2.24, 2.45) is 11.8 Å². The molecule has 0 aliphatic carbocycles. The van der Waals surface area contributed by atoms with Crippen LogP contribution in [0.3, 0.4) is 0 Å². The van der Waals surface area contributed by atoms with Crippen LogP contribution in [0, 0.1) is 11.8 Å². The van der Waals surface area contributed by atoms with Crippen LogP contribution < -0.4 is 5.32 Å². The van der Waals surface area contributed by atoms with Crippen LogP contribution in [0.15, 0.2) is 34.9 Å². The van der Waals surface area contributed by atoms with Gasteiger partial charge >= 0.3 is 0 Å². The van der Waals surface area contributed by atoms with E-state index in [2.05, 4.69) is 48.4 Å². The van der Waals surface area contributed by atoms with Gasteiger partial charge in [0.2, 0.25) is 11.8 Å². The molecule has 1 aliphatic rings. The Labute approximate surface area is 172 Å². The third-order valence-electron chi connectivity index (χ3n) is 5.45. The summed E-state index contributed by atoms with van der Waals surface area (Å²) < 4.78 is 5.86. The van der Waals surface area contributed by atoms with Crippen molar-refractivity contribution in [2.45, 2.75) is 46.0 Å². The number of likely N-dealkylation sites (tertiary alicyclic amines) is 1. The Morgan fingerprint density at radius 1 is 1.21 bits per heavy atom. The van der Waals surface area contributed by atoms with E-state index in [0.717, 1.165) is 30.6 Å². The molecule has 0 radical (unpaired) electrons. The molecule has 6 nitrogen and oxygen atoms in total. The van der Waals surface area contributed by atoms with E-state index in [-0.39, 0.29) is 17.7 Å². The molecule has 0 saturated carbocycles. The normalized spacial score (nSPS) is 15.0. The molecular weight excluding hydrogens is 366 g/mol. The number of rotatable bonds is 7. The van der Waals surface area contributed by atoms with Gasteiger partial charge in [-0.1, -0.05) is 38.1 Å². The van der Waals surface area contributed by atoms with Crippen LogP contribution in [0.1, 0.15) is 44.6 Å². The third kappa shape index (κ3) is 5.68. The van der Waals surface area contributed by atoms with Crippen LogP contribution in [-0.4, -0.2) is 41.8 Å². The Kier molecular flexibility index (Phi) is 7.07. The summed E-state index contributed by atoms with van der Waals surface area (Å²) in [5.41, 5.74) is 2.31. The number of nitrogens with one attached hydrogen (secondary N) is 1. The molecule has 1 N–H and O–H groups in total. The molecule has 0 unspecified atom stereocenters. The van der Waals surface area contributed by atoms with Gasteiger partial charge in [0.05, 0.1) is 6.20 Å². The van der Waals surface area contributed by atoms with Crippen LogP contribution in [0.25, 0.3) is 11.3 Å². The summed E-state index contributed by atoms with van der Waals surface area (Å²) in [6.45, 7) is 5.69. The molecule has 3 rings (SSSR count). The minimum atomic E-state index is 0.0188. The van der Waals surface area contributed by atoms with Gasteiger partial charge in [0.1, 0.15) is 0 Å². The Bertz CT molecular complexity index is 818. The van der Waals surface area contributed by atoms with E-state index in [1.54, 1.807) is 13.2 Å². The van der Waals surface area contributed by atoms with Crippen LogP contribution in [0.4, 0.5) is 0 Å². The molecule has 2 aromatic rings. The second-order valence-corrected chi connectivity index (χ2v) is 8.18. The number of piperidine rings is 1. The second-order valence-electron chi connectivity index (χ2n) is 8.18. The lowest BCUT2D eigenvalue weighted by molar-refractivity contribution is -0.135. The highest BCUT2D eigenvalue weighted by Gasteiger charge is 2.26. The van der Waals surface area contributed by atoms with Crippen molar-refractivity contribution in [3.05, 3.63) is 41.9 Å². The largest absolute Gasteiger partial charge is 0.441 e. The zero-order valence-electron chi connectivity index (χ0n) is 17.6. The van der Waals surface area contributed by atoms with E-state index in [0.29, 0.717) is 37.7 Å². The number of nitrogens with zero attached hydrogens (tertiary/aromatic N) is 2. The molecule has 29 heavy (non-hydrogen) atoms. The molecule has 0 atom stereocenters. The molecular formula is C23H31N3O3. The van der Waals surface area contributed by atoms with Crippen molar-refractivity contribution in [3.63, 3.8) is 0 Å². The summed E-state index contributed by atoms with van der Waals surface area (Å²) in [5.74, 6) is 2.13. The van der Waals surface area contributed by atoms with Crippen LogP contribution in [0.5, 0.6) is 0 Å². The summed E-state index contributed by atoms with van der Waals surface area (Å²) in [7, 11) is 1.66. The average Bonchev–Trinajstić information content (AvgIpc) is 3.20. The lowest BCUT2D eigenvalue weighted by Crippen LogP contribution is -2.42. The van der Waals surface area contributed by atoms with E-state index in [1.807, 2.05) is 4.90 Å². The Morgan fingerprint density at radius 3 is 2.52 bits per heavy atom. The van der Waals surface area contributed by atoms with Crippen molar-refractivity contribution in [1.29, 1.82) is 0 Å². The highest BCUT2D eigenvalue weighted by atomic mass is 16.4. The first-order valence-corrected chi connectivity index (χ1v) is 10.5. The van der Waals surface area contributed by atoms with E-state index in [4.69, 9.17) is 4.42 Å². The minimum Gasteiger partial charge on any atom is -0.441 e. The van der Waals surface area contributed by atoms with Gasteiger partial charge in [0.25, 0.3) is 0 Å².